The van der Waals surface area contributed by atoms with Crippen molar-refractivity contribution in [2.24, 2.45) is 5.92 Å². The SMILES string of the molecule is OC(C1CCC1)C1CSc2ccccc2O1. The van der Waals surface area contributed by atoms with Gasteiger partial charge in [0, 0.05) is 10.6 Å². The van der Waals surface area contributed by atoms with Crippen LogP contribution in [0.4, 0.5) is 0 Å². The lowest BCUT2D eigenvalue weighted by Crippen LogP contribution is -2.43. The molecule has 0 spiro atoms. The van der Waals surface area contributed by atoms with Crippen LogP contribution in [0.1, 0.15) is 19.3 Å². The number of para-hydroxylation sites is 1. The lowest BCUT2D eigenvalue weighted by atomic mass is 9.79. The second kappa shape index (κ2) is 4.30. The van der Waals surface area contributed by atoms with Crippen LogP contribution in [0.15, 0.2) is 29.2 Å². The largest absolute Gasteiger partial charge is 0.486 e. The van der Waals surface area contributed by atoms with E-state index in [1.54, 1.807) is 11.8 Å². The van der Waals surface area contributed by atoms with Gasteiger partial charge in [-0.2, -0.15) is 0 Å². The third-order valence-corrected chi connectivity index (χ3v) is 4.69. The van der Waals surface area contributed by atoms with Crippen molar-refractivity contribution in [1.82, 2.24) is 0 Å². The molecule has 1 aromatic carbocycles. The van der Waals surface area contributed by atoms with Crippen LogP contribution < -0.4 is 4.74 Å². The fraction of sp³-hybridized carbons (Fsp3) is 0.538. The summed E-state index contributed by atoms with van der Waals surface area (Å²) in [5, 5.41) is 10.2. The minimum atomic E-state index is -0.283. The number of hydrogen-bond donors (Lipinski definition) is 1. The molecule has 3 heteroatoms. The van der Waals surface area contributed by atoms with Gasteiger partial charge in [0.15, 0.2) is 0 Å². The molecule has 1 saturated carbocycles. The van der Waals surface area contributed by atoms with Gasteiger partial charge in [0.05, 0.1) is 6.10 Å². The Morgan fingerprint density at radius 2 is 2.12 bits per heavy atom. The first kappa shape index (κ1) is 10.5. The highest BCUT2D eigenvalue weighted by atomic mass is 32.2. The molecule has 16 heavy (non-hydrogen) atoms. The van der Waals surface area contributed by atoms with Crippen molar-refractivity contribution in [1.29, 1.82) is 0 Å². The molecule has 3 rings (SSSR count). The number of aliphatic hydroxyl groups excluding tert-OH is 1. The second-order valence-electron chi connectivity index (χ2n) is 4.60. The first-order chi connectivity index (χ1) is 7.84. The van der Waals surface area contributed by atoms with E-state index in [4.69, 9.17) is 4.74 Å². The zero-order valence-corrected chi connectivity index (χ0v) is 9.95. The monoisotopic (exact) mass is 236 g/mol. The van der Waals surface area contributed by atoms with Crippen LogP contribution in [0.3, 0.4) is 0 Å². The Morgan fingerprint density at radius 3 is 2.88 bits per heavy atom. The lowest BCUT2D eigenvalue weighted by Gasteiger charge is -2.37. The van der Waals surface area contributed by atoms with E-state index in [-0.39, 0.29) is 12.2 Å². The Balaban J connectivity index is 1.72. The van der Waals surface area contributed by atoms with E-state index in [1.807, 2.05) is 18.2 Å². The lowest BCUT2D eigenvalue weighted by molar-refractivity contribution is -0.0193. The van der Waals surface area contributed by atoms with Crippen LogP contribution in [0, 0.1) is 5.92 Å². The number of aliphatic hydroxyl groups is 1. The van der Waals surface area contributed by atoms with E-state index in [1.165, 1.54) is 11.3 Å². The molecular weight excluding hydrogens is 220 g/mol. The van der Waals surface area contributed by atoms with E-state index >= 15 is 0 Å². The normalized spacial score (nSPS) is 26.4. The predicted molar refractivity (Wildman–Crippen MR) is 64.9 cm³/mol. The van der Waals surface area contributed by atoms with Gasteiger partial charge >= 0.3 is 0 Å². The van der Waals surface area contributed by atoms with Gasteiger partial charge in [0.2, 0.25) is 0 Å². The Labute approximate surface area is 100 Å². The van der Waals surface area contributed by atoms with Gasteiger partial charge in [0.25, 0.3) is 0 Å². The molecular formula is C13H16O2S. The van der Waals surface area contributed by atoms with E-state index in [9.17, 15) is 5.11 Å². The summed E-state index contributed by atoms with van der Waals surface area (Å²) in [6.07, 6.45) is 3.28. The Morgan fingerprint density at radius 1 is 1.31 bits per heavy atom. The summed E-state index contributed by atoms with van der Waals surface area (Å²) >= 11 is 1.79. The topological polar surface area (TPSA) is 29.5 Å². The minimum absolute atomic E-state index is 0.0230. The summed E-state index contributed by atoms with van der Waals surface area (Å²) in [4.78, 5) is 1.19. The number of thioether (sulfide) groups is 1. The van der Waals surface area contributed by atoms with E-state index in [0.717, 1.165) is 24.3 Å². The Hall–Kier alpha value is -0.670. The Bertz CT molecular complexity index is 376. The molecule has 2 aliphatic rings. The molecule has 1 aliphatic heterocycles. The highest BCUT2D eigenvalue weighted by Crippen LogP contribution is 2.39. The Kier molecular flexibility index (Phi) is 2.82. The highest BCUT2D eigenvalue weighted by molar-refractivity contribution is 7.99. The van der Waals surface area contributed by atoms with Crippen LogP contribution in [-0.2, 0) is 0 Å². The summed E-state index contributed by atoms with van der Waals surface area (Å²) in [5.41, 5.74) is 0. The van der Waals surface area contributed by atoms with Crippen molar-refractivity contribution in [3.05, 3.63) is 24.3 Å². The number of ether oxygens (including phenoxy) is 1. The van der Waals surface area contributed by atoms with E-state index < -0.39 is 0 Å². The minimum Gasteiger partial charge on any atom is -0.486 e. The molecule has 0 bridgehead atoms. The van der Waals surface area contributed by atoms with Crippen molar-refractivity contribution in [3.8, 4) is 5.75 Å². The molecule has 86 valence electrons. The summed E-state index contributed by atoms with van der Waals surface area (Å²) in [5.74, 6) is 2.27. The molecule has 2 atom stereocenters. The quantitative estimate of drug-likeness (QED) is 0.856. The third kappa shape index (κ3) is 1.82. The maximum absolute atomic E-state index is 10.2. The number of fused-ring (bicyclic) bond motifs is 1. The van der Waals surface area contributed by atoms with E-state index in [2.05, 4.69) is 6.07 Å². The van der Waals surface area contributed by atoms with Gasteiger partial charge in [-0.05, 0) is 30.9 Å². The maximum Gasteiger partial charge on any atom is 0.134 e. The molecule has 0 aromatic heterocycles. The number of rotatable bonds is 2. The molecule has 0 saturated heterocycles. The number of benzene rings is 1. The molecule has 1 N–H and O–H groups in total. The molecule has 1 heterocycles. The average Bonchev–Trinajstić information content (AvgIpc) is 2.26. The van der Waals surface area contributed by atoms with Crippen molar-refractivity contribution in [2.45, 2.75) is 36.4 Å². The smallest absolute Gasteiger partial charge is 0.134 e. The molecule has 1 aliphatic carbocycles. The van der Waals surface area contributed by atoms with Gasteiger partial charge in [-0.1, -0.05) is 18.6 Å². The van der Waals surface area contributed by atoms with Gasteiger partial charge in [-0.25, -0.2) is 0 Å². The first-order valence-electron chi connectivity index (χ1n) is 5.91. The third-order valence-electron chi connectivity index (χ3n) is 3.54. The summed E-state index contributed by atoms with van der Waals surface area (Å²) < 4.78 is 5.88. The highest BCUT2D eigenvalue weighted by Gasteiger charge is 2.35. The first-order valence-corrected chi connectivity index (χ1v) is 6.90. The van der Waals surface area contributed by atoms with E-state index in [0.29, 0.717) is 5.92 Å². The summed E-state index contributed by atoms with van der Waals surface area (Å²) in [6, 6.07) is 8.07. The van der Waals surface area contributed by atoms with Crippen LogP contribution in [0.2, 0.25) is 0 Å². The van der Waals surface area contributed by atoms with Crippen molar-refractivity contribution < 1.29 is 9.84 Å². The zero-order chi connectivity index (χ0) is 11.0. The van der Waals surface area contributed by atoms with Crippen LogP contribution >= 0.6 is 11.8 Å². The van der Waals surface area contributed by atoms with Gasteiger partial charge in [-0.15, -0.1) is 11.8 Å². The summed E-state index contributed by atoms with van der Waals surface area (Å²) in [6.45, 7) is 0. The average molecular weight is 236 g/mol. The zero-order valence-electron chi connectivity index (χ0n) is 9.13. The standard InChI is InChI=1S/C13H16O2S/c14-13(9-4-3-5-9)11-8-16-12-7-2-1-6-10(12)15-11/h1-2,6-7,9,11,13-14H,3-5,8H2. The molecule has 2 nitrogen and oxygen atoms in total. The fourth-order valence-electron chi connectivity index (χ4n) is 2.29. The van der Waals surface area contributed by atoms with Crippen molar-refractivity contribution in [3.63, 3.8) is 0 Å². The summed E-state index contributed by atoms with van der Waals surface area (Å²) in [7, 11) is 0. The van der Waals surface area contributed by atoms with Crippen molar-refractivity contribution in [2.75, 3.05) is 5.75 Å². The van der Waals surface area contributed by atoms with Gasteiger partial charge < -0.3 is 9.84 Å². The van der Waals surface area contributed by atoms with Gasteiger partial charge in [0.1, 0.15) is 11.9 Å². The maximum atomic E-state index is 10.2. The van der Waals surface area contributed by atoms with Gasteiger partial charge in [-0.3, -0.25) is 0 Å². The molecule has 1 aromatic rings. The fourth-order valence-corrected chi connectivity index (χ4v) is 3.33. The molecule has 2 unspecified atom stereocenters. The molecule has 0 amide bonds. The van der Waals surface area contributed by atoms with Crippen LogP contribution in [0.5, 0.6) is 5.75 Å². The van der Waals surface area contributed by atoms with Crippen LogP contribution in [0.25, 0.3) is 0 Å². The second-order valence-corrected chi connectivity index (χ2v) is 5.66. The van der Waals surface area contributed by atoms with Crippen LogP contribution in [-0.4, -0.2) is 23.1 Å². The predicted octanol–water partition coefficient (Wildman–Crippen LogP) is 2.70. The molecule has 0 radical (unpaired) electrons. The number of hydrogen-bond acceptors (Lipinski definition) is 3. The van der Waals surface area contributed by atoms with Crippen molar-refractivity contribution >= 4 is 11.8 Å². The molecule has 1 fully saturated rings.